The molecule has 1 atom stereocenters. The van der Waals surface area contributed by atoms with Crippen molar-refractivity contribution in [2.45, 2.75) is 52.5 Å². The fourth-order valence-corrected chi connectivity index (χ4v) is 3.44. The maximum atomic E-state index is 12.0. The van der Waals surface area contributed by atoms with Crippen LogP contribution in [0.5, 0.6) is 0 Å². The van der Waals surface area contributed by atoms with Crippen LogP contribution in [0.1, 0.15) is 68.5 Å². The van der Waals surface area contributed by atoms with Crippen LogP contribution in [0.2, 0.25) is 0 Å². The third kappa shape index (κ3) is 4.88. The summed E-state index contributed by atoms with van der Waals surface area (Å²) in [4.78, 5) is 16.8. The van der Waals surface area contributed by atoms with Crippen LogP contribution in [0, 0.1) is 0 Å². The molecular formula is C23H29N5O. The average molecular weight is 392 g/mol. The summed E-state index contributed by atoms with van der Waals surface area (Å²) < 4.78 is 1.68. The second-order valence-corrected chi connectivity index (χ2v) is 7.76. The Hall–Kier alpha value is -3.02. The van der Waals surface area contributed by atoms with E-state index in [4.69, 9.17) is 4.98 Å². The Balaban J connectivity index is 2.12. The van der Waals surface area contributed by atoms with E-state index in [0.29, 0.717) is 5.92 Å². The molecule has 0 aliphatic heterocycles. The number of rotatable bonds is 7. The number of nitrogens with one attached hydrogen (secondary N) is 1. The quantitative estimate of drug-likeness (QED) is 0.656. The monoisotopic (exact) mass is 391 g/mol. The summed E-state index contributed by atoms with van der Waals surface area (Å²) in [7, 11) is 1.84. The molecule has 1 N–H and O–H groups in total. The first kappa shape index (κ1) is 20.7. The Morgan fingerprint density at radius 1 is 1.17 bits per heavy atom. The van der Waals surface area contributed by atoms with Crippen molar-refractivity contribution >= 4 is 5.91 Å². The first-order valence-electron chi connectivity index (χ1n) is 10.1. The van der Waals surface area contributed by atoms with Gasteiger partial charge in [0.1, 0.15) is 5.69 Å². The Morgan fingerprint density at radius 3 is 2.41 bits per heavy atom. The lowest BCUT2D eigenvalue weighted by atomic mass is 9.94. The number of aromatic nitrogens is 4. The fourth-order valence-electron chi connectivity index (χ4n) is 3.44. The predicted octanol–water partition coefficient (Wildman–Crippen LogP) is 4.18. The smallest absolute Gasteiger partial charge is 0.217 e. The van der Waals surface area contributed by atoms with E-state index in [1.54, 1.807) is 4.68 Å². The number of pyridine rings is 1. The summed E-state index contributed by atoms with van der Waals surface area (Å²) in [5.41, 5.74) is 5.82. The molecule has 1 amide bonds. The summed E-state index contributed by atoms with van der Waals surface area (Å²) in [6.07, 6.45) is 5.75. The van der Waals surface area contributed by atoms with E-state index in [1.165, 1.54) is 12.5 Å². The van der Waals surface area contributed by atoms with Crippen LogP contribution in [-0.2, 0) is 18.3 Å². The summed E-state index contributed by atoms with van der Waals surface area (Å²) in [5, 5.41) is 11.5. The van der Waals surface area contributed by atoms with Gasteiger partial charge in [0.2, 0.25) is 5.91 Å². The van der Waals surface area contributed by atoms with Gasteiger partial charge in [0.05, 0.1) is 17.9 Å². The van der Waals surface area contributed by atoms with Crippen LogP contribution < -0.4 is 5.32 Å². The molecule has 0 saturated carbocycles. The zero-order chi connectivity index (χ0) is 21.0. The fraction of sp³-hybridized carbons (Fsp3) is 0.391. The van der Waals surface area contributed by atoms with Crippen LogP contribution in [0.4, 0.5) is 0 Å². The molecule has 2 heterocycles. The minimum atomic E-state index is -0.360. The van der Waals surface area contributed by atoms with E-state index in [2.05, 4.69) is 66.7 Å². The van der Waals surface area contributed by atoms with E-state index in [9.17, 15) is 4.79 Å². The zero-order valence-electron chi connectivity index (χ0n) is 17.8. The van der Waals surface area contributed by atoms with Crippen molar-refractivity contribution in [1.82, 2.24) is 25.3 Å². The normalized spacial score (nSPS) is 12.2. The van der Waals surface area contributed by atoms with Crippen LogP contribution in [-0.4, -0.2) is 25.9 Å². The lowest BCUT2D eigenvalue weighted by Crippen LogP contribution is -2.28. The Kier molecular flexibility index (Phi) is 6.42. The van der Waals surface area contributed by atoms with Gasteiger partial charge in [-0.3, -0.25) is 14.5 Å². The van der Waals surface area contributed by atoms with Crippen molar-refractivity contribution in [2.24, 2.45) is 7.05 Å². The van der Waals surface area contributed by atoms with Gasteiger partial charge in [-0.2, -0.15) is 0 Å². The molecule has 6 nitrogen and oxygen atoms in total. The summed E-state index contributed by atoms with van der Waals surface area (Å²) >= 11 is 0. The molecule has 0 spiro atoms. The van der Waals surface area contributed by atoms with Crippen LogP contribution >= 0.6 is 0 Å². The molecule has 6 heteroatoms. The number of nitrogens with zero attached hydrogens (tertiary/aromatic N) is 4. The van der Waals surface area contributed by atoms with Gasteiger partial charge in [-0.05, 0) is 35.1 Å². The van der Waals surface area contributed by atoms with Crippen molar-refractivity contribution in [3.05, 3.63) is 65.1 Å². The van der Waals surface area contributed by atoms with Gasteiger partial charge in [0, 0.05) is 25.7 Å². The highest BCUT2D eigenvalue weighted by Crippen LogP contribution is 2.31. The van der Waals surface area contributed by atoms with Crippen LogP contribution in [0.3, 0.4) is 0 Å². The van der Waals surface area contributed by atoms with Crippen molar-refractivity contribution in [2.75, 3.05) is 0 Å². The van der Waals surface area contributed by atoms with E-state index >= 15 is 0 Å². The number of amides is 1. The number of hydrogen-bond donors (Lipinski definition) is 1. The third-order valence-electron chi connectivity index (χ3n) is 4.95. The predicted molar refractivity (Wildman–Crippen MR) is 114 cm³/mol. The van der Waals surface area contributed by atoms with Crippen molar-refractivity contribution in [1.29, 1.82) is 0 Å². The molecule has 0 fully saturated rings. The van der Waals surface area contributed by atoms with Gasteiger partial charge in [0.25, 0.3) is 0 Å². The maximum Gasteiger partial charge on any atom is 0.217 e. The second-order valence-electron chi connectivity index (χ2n) is 7.76. The zero-order valence-corrected chi connectivity index (χ0v) is 17.8. The Bertz CT molecular complexity index is 975. The van der Waals surface area contributed by atoms with Crippen molar-refractivity contribution < 1.29 is 4.79 Å². The summed E-state index contributed by atoms with van der Waals surface area (Å²) in [6.45, 7) is 8.01. The molecule has 0 radical (unpaired) electrons. The van der Waals surface area contributed by atoms with Gasteiger partial charge in [-0.25, -0.2) is 0 Å². The number of carbonyl (C=O) groups excluding carboxylic acids is 1. The number of carbonyl (C=O) groups is 1. The van der Waals surface area contributed by atoms with Crippen molar-refractivity contribution in [3.63, 3.8) is 0 Å². The molecule has 2 aromatic heterocycles. The SMILES string of the molecule is CCCc1cnc([C@@H](NC(C)=O)c2ccc(C(C)C)cc2)c(-c2cn(C)nn2)c1. The second kappa shape index (κ2) is 8.99. The molecule has 1 aromatic carbocycles. The molecule has 152 valence electrons. The number of hydrogen-bond acceptors (Lipinski definition) is 4. The lowest BCUT2D eigenvalue weighted by Gasteiger charge is -2.21. The molecule has 3 rings (SSSR count). The van der Waals surface area contributed by atoms with E-state index in [1.807, 2.05) is 19.4 Å². The molecule has 0 bridgehead atoms. The molecule has 3 aromatic rings. The number of benzene rings is 1. The minimum absolute atomic E-state index is 0.104. The average Bonchev–Trinajstić information content (AvgIpc) is 3.13. The molecule has 0 saturated heterocycles. The molecule has 0 aliphatic rings. The molecular weight excluding hydrogens is 362 g/mol. The maximum absolute atomic E-state index is 12.0. The largest absolute Gasteiger partial charge is 0.344 e. The Morgan fingerprint density at radius 2 is 1.86 bits per heavy atom. The topological polar surface area (TPSA) is 72.7 Å². The Labute approximate surface area is 172 Å². The van der Waals surface area contributed by atoms with Gasteiger partial charge in [-0.1, -0.05) is 56.7 Å². The van der Waals surface area contributed by atoms with Gasteiger partial charge < -0.3 is 5.32 Å². The summed E-state index contributed by atoms with van der Waals surface area (Å²) in [5.74, 6) is 0.345. The standard InChI is InChI=1S/C23H29N5O/c1-6-7-17-12-20(21-14-28(5)27-26-21)23(24-13-17)22(25-16(4)29)19-10-8-18(9-11-19)15(2)3/h8-15,22H,6-7H2,1-5H3,(H,25,29)/t22-/m0/s1. The van der Waals surface area contributed by atoms with Gasteiger partial charge in [-0.15, -0.1) is 5.10 Å². The highest BCUT2D eigenvalue weighted by Gasteiger charge is 2.23. The molecule has 29 heavy (non-hydrogen) atoms. The lowest BCUT2D eigenvalue weighted by molar-refractivity contribution is -0.119. The highest BCUT2D eigenvalue weighted by atomic mass is 16.1. The van der Waals surface area contributed by atoms with E-state index in [0.717, 1.165) is 40.9 Å². The van der Waals surface area contributed by atoms with Crippen LogP contribution in [0.25, 0.3) is 11.3 Å². The first-order valence-corrected chi connectivity index (χ1v) is 10.1. The van der Waals surface area contributed by atoms with E-state index < -0.39 is 0 Å². The van der Waals surface area contributed by atoms with Crippen LogP contribution in [0.15, 0.2) is 42.7 Å². The molecule has 0 unspecified atom stereocenters. The van der Waals surface area contributed by atoms with Gasteiger partial charge >= 0.3 is 0 Å². The highest BCUT2D eigenvalue weighted by molar-refractivity contribution is 5.75. The van der Waals surface area contributed by atoms with Gasteiger partial charge in [0.15, 0.2) is 0 Å². The third-order valence-corrected chi connectivity index (χ3v) is 4.95. The van der Waals surface area contributed by atoms with Crippen molar-refractivity contribution in [3.8, 4) is 11.3 Å². The summed E-state index contributed by atoms with van der Waals surface area (Å²) in [6, 6.07) is 10.1. The minimum Gasteiger partial charge on any atom is -0.344 e. The molecule has 0 aliphatic carbocycles. The van der Waals surface area contributed by atoms with E-state index in [-0.39, 0.29) is 11.9 Å². The number of aryl methyl sites for hydroxylation is 2. The first-order chi connectivity index (χ1) is 13.9.